The van der Waals surface area contributed by atoms with Crippen LogP contribution in [0.25, 0.3) is 0 Å². The lowest BCUT2D eigenvalue weighted by Gasteiger charge is -2.19. The SMILES string of the molecule is CCNC(Cc1cc(C)ccc1OC)c1cnn(C)c1C. The van der Waals surface area contributed by atoms with E-state index >= 15 is 0 Å². The molecular weight excluding hydrogens is 262 g/mol. The van der Waals surface area contributed by atoms with Gasteiger partial charge >= 0.3 is 0 Å². The molecule has 4 heteroatoms. The van der Waals surface area contributed by atoms with Crippen molar-refractivity contribution in [3.8, 4) is 5.75 Å². The van der Waals surface area contributed by atoms with E-state index in [0.717, 1.165) is 18.7 Å². The number of methoxy groups -OCH3 is 1. The van der Waals surface area contributed by atoms with E-state index in [9.17, 15) is 0 Å². The number of benzene rings is 1. The van der Waals surface area contributed by atoms with Crippen molar-refractivity contribution in [2.45, 2.75) is 33.2 Å². The van der Waals surface area contributed by atoms with Gasteiger partial charge in [0.05, 0.1) is 13.3 Å². The van der Waals surface area contributed by atoms with Crippen LogP contribution in [0.1, 0.15) is 35.3 Å². The summed E-state index contributed by atoms with van der Waals surface area (Å²) >= 11 is 0. The largest absolute Gasteiger partial charge is 0.496 e. The fourth-order valence-electron chi connectivity index (χ4n) is 2.68. The lowest BCUT2D eigenvalue weighted by Crippen LogP contribution is -2.23. The van der Waals surface area contributed by atoms with Crippen molar-refractivity contribution in [3.05, 3.63) is 46.8 Å². The monoisotopic (exact) mass is 287 g/mol. The van der Waals surface area contributed by atoms with Gasteiger partial charge in [-0.2, -0.15) is 5.10 Å². The Bertz CT molecular complexity index is 604. The second-order valence-electron chi connectivity index (χ2n) is 5.44. The van der Waals surface area contributed by atoms with Crippen molar-refractivity contribution < 1.29 is 4.74 Å². The molecule has 0 saturated heterocycles. The Labute approximate surface area is 127 Å². The summed E-state index contributed by atoms with van der Waals surface area (Å²) in [5.74, 6) is 0.949. The Morgan fingerprint density at radius 2 is 2.10 bits per heavy atom. The topological polar surface area (TPSA) is 39.1 Å². The maximum absolute atomic E-state index is 5.50. The smallest absolute Gasteiger partial charge is 0.122 e. The summed E-state index contributed by atoms with van der Waals surface area (Å²) in [5.41, 5.74) is 4.94. The molecule has 0 aliphatic heterocycles. The zero-order chi connectivity index (χ0) is 15.4. The predicted octanol–water partition coefficient (Wildman–Crippen LogP) is 2.94. The molecule has 1 unspecified atom stereocenters. The molecule has 4 nitrogen and oxygen atoms in total. The Morgan fingerprint density at radius 3 is 2.67 bits per heavy atom. The molecule has 0 fully saturated rings. The van der Waals surface area contributed by atoms with E-state index in [-0.39, 0.29) is 6.04 Å². The third-order valence-electron chi connectivity index (χ3n) is 3.96. The lowest BCUT2D eigenvalue weighted by molar-refractivity contribution is 0.405. The summed E-state index contributed by atoms with van der Waals surface area (Å²) in [4.78, 5) is 0. The van der Waals surface area contributed by atoms with E-state index in [2.05, 4.69) is 43.3 Å². The fourth-order valence-corrected chi connectivity index (χ4v) is 2.68. The molecule has 1 atom stereocenters. The van der Waals surface area contributed by atoms with Gasteiger partial charge in [0, 0.05) is 24.3 Å². The third kappa shape index (κ3) is 3.45. The first kappa shape index (κ1) is 15.6. The first-order chi connectivity index (χ1) is 10.1. The van der Waals surface area contributed by atoms with Crippen molar-refractivity contribution in [1.29, 1.82) is 0 Å². The Balaban J connectivity index is 2.32. The number of hydrogen-bond acceptors (Lipinski definition) is 3. The molecule has 2 rings (SSSR count). The first-order valence-corrected chi connectivity index (χ1v) is 7.42. The first-order valence-electron chi connectivity index (χ1n) is 7.42. The Morgan fingerprint density at radius 1 is 1.33 bits per heavy atom. The van der Waals surface area contributed by atoms with Crippen molar-refractivity contribution in [2.75, 3.05) is 13.7 Å². The van der Waals surface area contributed by atoms with E-state index in [4.69, 9.17) is 4.74 Å². The van der Waals surface area contributed by atoms with Crippen LogP contribution in [-0.4, -0.2) is 23.4 Å². The van der Waals surface area contributed by atoms with Crippen LogP contribution < -0.4 is 10.1 Å². The summed E-state index contributed by atoms with van der Waals surface area (Å²) in [7, 11) is 3.71. The summed E-state index contributed by atoms with van der Waals surface area (Å²) in [6.45, 7) is 7.28. The van der Waals surface area contributed by atoms with Crippen LogP contribution in [0.15, 0.2) is 24.4 Å². The van der Waals surface area contributed by atoms with Gasteiger partial charge in [-0.15, -0.1) is 0 Å². The summed E-state index contributed by atoms with van der Waals surface area (Å²) < 4.78 is 7.43. The number of aromatic nitrogens is 2. The summed E-state index contributed by atoms with van der Waals surface area (Å²) in [5, 5.41) is 7.93. The third-order valence-corrected chi connectivity index (χ3v) is 3.96. The zero-order valence-electron chi connectivity index (χ0n) is 13.6. The van der Waals surface area contributed by atoms with Crippen molar-refractivity contribution in [1.82, 2.24) is 15.1 Å². The summed E-state index contributed by atoms with van der Waals surface area (Å²) in [6, 6.07) is 6.58. The minimum atomic E-state index is 0.249. The van der Waals surface area contributed by atoms with E-state index < -0.39 is 0 Å². The van der Waals surface area contributed by atoms with Gasteiger partial charge in [-0.1, -0.05) is 24.6 Å². The molecule has 0 spiro atoms. The van der Waals surface area contributed by atoms with E-state index in [0.29, 0.717) is 0 Å². The van der Waals surface area contributed by atoms with Crippen LogP contribution in [0.4, 0.5) is 0 Å². The maximum Gasteiger partial charge on any atom is 0.122 e. The summed E-state index contributed by atoms with van der Waals surface area (Å²) in [6.07, 6.45) is 2.86. The van der Waals surface area contributed by atoms with Gasteiger partial charge in [0.2, 0.25) is 0 Å². The highest BCUT2D eigenvalue weighted by Gasteiger charge is 2.18. The number of hydrogen-bond donors (Lipinski definition) is 1. The quantitative estimate of drug-likeness (QED) is 0.888. The maximum atomic E-state index is 5.50. The predicted molar refractivity (Wildman–Crippen MR) is 85.8 cm³/mol. The molecule has 21 heavy (non-hydrogen) atoms. The highest BCUT2D eigenvalue weighted by molar-refractivity contribution is 5.38. The molecule has 0 aliphatic rings. The molecule has 1 heterocycles. The van der Waals surface area contributed by atoms with Gasteiger partial charge < -0.3 is 10.1 Å². The fraction of sp³-hybridized carbons (Fsp3) is 0.471. The molecule has 2 aromatic rings. The van der Waals surface area contributed by atoms with Crippen LogP contribution in [0.5, 0.6) is 5.75 Å². The van der Waals surface area contributed by atoms with Gasteiger partial charge in [-0.3, -0.25) is 4.68 Å². The van der Waals surface area contributed by atoms with E-state index in [1.165, 1.54) is 22.4 Å². The number of ether oxygens (including phenoxy) is 1. The number of nitrogens with zero attached hydrogens (tertiary/aromatic N) is 2. The normalized spacial score (nSPS) is 12.4. The molecule has 0 amide bonds. The van der Waals surface area contributed by atoms with Gasteiger partial charge in [-0.05, 0) is 38.4 Å². The molecule has 1 aromatic carbocycles. The molecule has 114 valence electrons. The van der Waals surface area contributed by atoms with Crippen molar-refractivity contribution in [3.63, 3.8) is 0 Å². The van der Waals surface area contributed by atoms with Gasteiger partial charge in [0.25, 0.3) is 0 Å². The van der Waals surface area contributed by atoms with Crippen LogP contribution in [0.3, 0.4) is 0 Å². The molecule has 0 bridgehead atoms. The average Bonchev–Trinajstić information content (AvgIpc) is 2.79. The Hall–Kier alpha value is -1.81. The van der Waals surface area contributed by atoms with Crippen LogP contribution in [-0.2, 0) is 13.5 Å². The van der Waals surface area contributed by atoms with Gasteiger partial charge in [0.15, 0.2) is 0 Å². The highest BCUT2D eigenvalue weighted by Crippen LogP contribution is 2.27. The number of likely N-dealkylation sites (N-methyl/N-ethyl adjacent to an activating group) is 1. The minimum absolute atomic E-state index is 0.249. The minimum Gasteiger partial charge on any atom is -0.496 e. The molecule has 1 aromatic heterocycles. The highest BCUT2D eigenvalue weighted by atomic mass is 16.5. The van der Waals surface area contributed by atoms with Crippen LogP contribution in [0.2, 0.25) is 0 Å². The number of nitrogens with one attached hydrogen (secondary N) is 1. The number of aryl methyl sites for hydroxylation is 2. The molecule has 0 saturated carbocycles. The second-order valence-corrected chi connectivity index (χ2v) is 5.44. The zero-order valence-corrected chi connectivity index (χ0v) is 13.6. The second kappa shape index (κ2) is 6.76. The Kier molecular flexibility index (Phi) is 5.02. The average molecular weight is 287 g/mol. The molecule has 1 N–H and O–H groups in total. The molecular formula is C17H25N3O. The van der Waals surface area contributed by atoms with E-state index in [1.807, 2.05) is 24.0 Å². The van der Waals surface area contributed by atoms with Gasteiger partial charge in [0.1, 0.15) is 5.75 Å². The number of rotatable bonds is 6. The van der Waals surface area contributed by atoms with Crippen molar-refractivity contribution >= 4 is 0 Å². The van der Waals surface area contributed by atoms with Crippen molar-refractivity contribution in [2.24, 2.45) is 7.05 Å². The van der Waals surface area contributed by atoms with E-state index in [1.54, 1.807) is 7.11 Å². The molecule has 0 radical (unpaired) electrons. The van der Waals surface area contributed by atoms with Crippen LogP contribution >= 0.6 is 0 Å². The van der Waals surface area contributed by atoms with Gasteiger partial charge in [-0.25, -0.2) is 0 Å². The van der Waals surface area contributed by atoms with Crippen LogP contribution in [0, 0.1) is 13.8 Å². The molecule has 0 aliphatic carbocycles. The standard InChI is InChI=1S/C17H25N3O/c1-6-18-16(15-11-19-20(4)13(15)3)10-14-9-12(2)7-8-17(14)21-5/h7-9,11,16,18H,6,10H2,1-5H3. The lowest BCUT2D eigenvalue weighted by atomic mass is 9.97.